The van der Waals surface area contributed by atoms with E-state index in [1.165, 1.54) is 30.0 Å². The summed E-state index contributed by atoms with van der Waals surface area (Å²) in [6, 6.07) is 0.190. The van der Waals surface area contributed by atoms with Crippen molar-refractivity contribution in [1.29, 1.82) is 0 Å². The lowest BCUT2D eigenvalue weighted by molar-refractivity contribution is -0.134. The first-order chi connectivity index (χ1) is 29.7. The second-order valence-corrected chi connectivity index (χ2v) is 14.9. The van der Waals surface area contributed by atoms with E-state index in [1.807, 2.05) is 0 Å². The molecule has 2 aromatic rings. The molecule has 2 rings (SSSR count). The Balaban J connectivity index is 2.10. The minimum absolute atomic E-state index is 0.0490. The number of nitrogens with zero attached hydrogens (tertiary/aromatic N) is 1. The van der Waals surface area contributed by atoms with Crippen molar-refractivity contribution in [3.8, 4) is 0 Å². The van der Waals surface area contributed by atoms with Crippen LogP contribution in [0.15, 0.2) is 33.5 Å². The fraction of sp³-hybridized carbons (Fsp3) is 0.500. The summed E-state index contributed by atoms with van der Waals surface area (Å²) >= 11 is 4.23. The summed E-state index contributed by atoms with van der Waals surface area (Å²) in [4.78, 5) is 138. The Morgan fingerprint density at radius 1 is 0.746 bits per heavy atom. The van der Waals surface area contributed by atoms with Crippen molar-refractivity contribution < 1.29 is 57.5 Å². The summed E-state index contributed by atoms with van der Waals surface area (Å²) in [7, 11) is 0. The highest BCUT2D eigenvalue weighted by Gasteiger charge is 2.30. The number of nitrogens with two attached hydrogens (primary N) is 3. The van der Waals surface area contributed by atoms with E-state index in [4.69, 9.17) is 21.6 Å². The Morgan fingerprint density at radius 2 is 1.40 bits per heavy atom. The number of hydrogen-bond donors (Lipinski definition) is 12. The van der Waals surface area contributed by atoms with Crippen LogP contribution in [0.4, 0.5) is 5.69 Å². The van der Waals surface area contributed by atoms with Gasteiger partial charge in [-0.3, -0.25) is 47.9 Å². The molecule has 0 saturated carbocycles. The van der Waals surface area contributed by atoms with Crippen LogP contribution in [0.25, 0.3) is 11.0 Å². The van der Waals surface area contributed by atoms with Crippen LogP contribution < -0.4 is 64.9 Å². The summed E-state index contributed by atoms with van der Waals surface area (Å²) in [5.74, 6) is -7.80. The minimum Gasteiger partial charge on any atom is -0.423 e. The average Bonchev–Trinajstić information content (AvgIpc) is 3.22. The Labute approximate surface area is 366 Å². The van der Waals surface area contributed by atoms with Crippen molar-refractivity contribution in [2.24, 2.45) is 23.1 Å². The van der Waals surface area contributed by atoms with Gasteiger partial charge in [0.1, 0.15) is 29.8 Å². The van der Waals surface area contributed by atoms with E-state index >= 15 is 0 Å². The zero-order chi connectivity index (χ0) is 47.4. The minimum atomic E-state index is -1.64. The first kappa shape index (κ1) is 52.5. The largest absolute Gasteiger partial charge is 0.423 e. The number of rotatable bonds is 26. The molecule has 0 radical (unpaired) electrons. The number of carbonyl (C=O) groups is 10. The predicted molar refractivity (Wildman–Crippen MR) is 228 cm³/mol. The van der Waals surface area contributed by atoms with Gasteiger partial charge in [0, 0.05) is 41.9 Å². The number of amides is 10. The molecular formula is C38H55N11O13S. The van der Waals surface area contributed by atoms with E-state index < -0.39 is 122 Å². The Morgan fingerprint density at radius 3 is 2.00 bits per heavy atom. The van der Waals surface area contributed by atoms with Gasteiger partial charge in [0.15, 0.2) is 0 Å². The number of primary amides is 2. The number of benzene rings is 1. The van der Waals surface area contributed by atoms with E-state index in [2.05, 4.69) is 49.8 Å². The van der Waals surface area contributed by atoms with E-state index in [-0.39, 0.29) is 55.2 Å². The van der Waals surface area contributed by atoms with E-state index in [9.17, 15) is 57.8 Å². The smallest absolute Gasteiger partial charge is 0.336 e. The maximum Gasteiger partial charge on any atom is 0.336 e. The van der Waals surface area contributed by atoms with Gasteiger partial charge in [0.05, 0.1) is 39.2 Å². The second kappa shape index (κ2) is 26.0. The van der Waals surface area contributed by atoms with E-state index in [0.717, 1.165) is 6.07 Å². The number of anilines is 1. The van der Waals surface area contributed by atoms with Crippen LogP contribution in [0.5, 0.6) is 0 Å². The van der Waals surface area contributed by atoms with E-state index in [0.29, 0.717) is 10.9 Å². The molecule has 0 spiro atoms. The van der Waals surface area contributed by atoms with Crippen LogP contribution >= 0.6 is 12.6 Å². The monoisotopic (exact) mass is 905 g/mol. The number of carbonyl (C=O) groups excluding carboxylic acids is 10. The zero-order valence-corrected chi connectivity index (χ0v) is 35.8. The molecule has 14 N–H and O–H groups in total. The van der Waals surface area contributed by atoms with Crippen LogP contribution in [0.3, 0.4) is 0 Å². The number of aliphatic hydroxyl groups is 1. The predicted octanol–water partition coefficient (Wildman–Crippen LogP) is -5.35. The van der Waals surface area contributed by atoms with Gasteiger partial charge in [0.25, 0.3) is 0 Å². The second-order valence-electron chi connectivity index (χ2n) is 14.4. The highest BCUT2D eigenvalue weighted by atomic mass is 32.1. The van der Waals surface area contributed by atoms with Gasteiger partial charge in [-0.25, -0.2) is 4.79 Å². The third-order valence-corrected chi connectivity index (χ3v) is 9.04. The summed E-state index contributed by atoms with van der Waals surface area (Å²) < 4.78 is 5.34. The van der Waals surface area contributed by atoms with Crippen LogP contribution in [-0.2, 0) is 54.4 Å². The first-order valence-electron chi connectivity index (χ1n) is 19.6. The maximum absolute atomic E-state index is 13.5. The molecule has 10 amide bonds. The van der Waals surface area contributed by atoms with Gasteiger partial charge in [-0.05, 0) is 43.4 Å². The standard InChI is InChI=1S/C38H55N11O13S/c1-19(2)10-25(46-32(55)16-43-37(60)26(18-50)48-38(61)24(6-7-28(40)51)47-35(58)20(3)45-31(54)14-39)36(59)44-17-33(56)49(8-9-63)22-4-5-23-21(11-30(53)42-15-29(41)52)12-34(57)62-27(23)13-22/h4-5,12-13,19-20,24-26,50,63H,6-11,14-18,39H2,1-3H3,(H2,40,51)(H2,41,52)(H,42,53)(H,43,60)(H,44,59)(H,45,54)(H,46,55)(H,47,58)(H,48,61)/t20-,24-,25-,26-/m0/s1. The number of thiol groups is 1. The quantitative estimate of drug-likeness (QED) is 0.0310. The summed E-state index contributed by atoms with van der Waals surface area (Å²) in [6.45, 7) is 1.89. The fourth-order valence-electron chi connectivity index (χ4n) is 5.76. The maximum atomic E-state index is 13.5. The van der Waals surface area contributed by atoms with Crippen molar-refractivity contribution in [3.63, 3.8) is 0 Å². The lowest BCUT2D eigenvalue weighted by Crippen LogP contribution is -2.58. The van der Waals surface area contributed by atoms with Gasteiger partial charge >= 0.3 is 5.63 Å². The molecule has 24 nitrogen and oxygen atoms in total. The van der Waals surface area contributed by atoms with Crippen LogP contribution in [0.1, 0.15) is 45.6 Å². The summed E-state index contributed by atoms with van der Waals surface area (Å²) in [5, 5.41) is 26.7. The molecule has 0 saturated heterocycles. The number of nitrogens with one attached hydrogen (secondary N) is 7. The van der Waals surface area contributed by atoms with Crippen molar-refractivity contribution in [2.45, 2.75) is 70.6 Å². The van der Waals surface area contributed by atoms with Gasteiger partial charge in [-0.1, -0.05) is 13.8 Å². The van der Waals surface area contributed by atoms with Gasteiger partial charge in [-0.15, -0.1) is 0 Å². The molecular weight excluding hydrogens is 851 g/mol. The molecule has 1 aromatic carbocycles. The Bertz CT molecular complexity index is 2080. The van der Waals surface area contributed by atoms with Crippen molar-refractivity contribution >= 4 is 88.4 Å². The van der Waals surface area contributed by atoms with Crippen LogP contribution in [0.2, 0.25) is 0 Å². The normalized spacial score (nSPS) is 12.7. The molecule has 346 valence electrons. The molecule has 0 aliphatic rings. The van der Waals surface area contributed by atoms with Crippen molar-refractivity contribution in [3.05, 3.63) is 40.2 Å². The number of hydrogen-bond acceptors (Lipinski definition) is 15. The molecule has 0 aliphatic heterocycles. The lowest BCUT2D eigenvalue weighted by Gasteiger charge is -2.24. The van der Waals surface area contributed by atoms with E-state index in [1.54, 1.807) is 13.8 Å². The summed E-state index contributed by atoms with van der Waals surface area (Å²) in [5.41, 5.74) is 15.3. The molecule has 1 aromatic heterocycles. The molecule has 0 bridgehead atoms. The Kier molecular flexibility index (Phi) is 21.7. The summed E-state index contributed by atoms with van der Waals surface area (Å²) in [6.07, 6.45) is -0.829. The van der Waals surface area contributed by atoms with Gasteiger partial charge < -0.3 is 68.8 Å². The number of aliphatic hydroxyl groups excluding tert-OH is 1. The molecule has 0 aliphatic carbocycles. The van der Waals surface area contributed by atoms with Gasteiger partial charge in [-0.2, -0.15) is 12.6 Å². The van der Waals surface area contributed by atoms with Crippen molar-refractivity contribution in [2.75, 3.05) is 50.0 Å². The molecule has 0 unspecified atom stereocenters. The molecule has 4 atom stereocenters. The SMILES string of the molecule is CC(C)C[C@H](NC(=O)CNC(=O)[C@H](CO)NC(=O)[C@H](CCC(N)=O)NC(=O)[C@H](C)NC(=O)CN)C(=O)NCC(=O)N(CCS)c1ccc2c(CC(=O)NCC(N)=O)cc(=O)oc2c1. The third kappa shape index (κ3) is 18.1. The lowest BCUT2D eigenvalue weighted by atomic mass is 10.0. The number of fused-ring (bicyclic) bond motifs is 1. The topological polar surface area (TPSA) is 387 Å². The zero-order valence-electron chi connectivity index (χ0n) is 34.9. The highest BCUT2D eigenvalue weighted by molar-refractivity contribution is 7.80. The molecule has 1 heterocycles. The first-order valence-corrected chi connectivity index (χ1v) is 20.2. The van der Waals surface area contributed by atoms with Gasteiger partial charge in [0.2, 0.25) is 59.1 Å². The molecule has 0 fully saturated rings. The third-order valence-electron chi connectivity index (χ3n) is 8.84. The average molecular weight is 906 g/mol. The van der Waals surface area contributed by atoms with Crippen molar-refractivity contribution in [1.82, 2.24) is 37.2 Å². The fourth-order valence-corrected chi connectivity index (χ4v) is 5.96. The highest BCUT2D eigenvalue weighted by Crippen LogP contribution is 2.24. The van der Waals surface area contributed by atoms with Crippen LogP contribution in [0, 0.1) is 5.92 Å². The Hall–Kier alpha value is -6.60. The van der Waals surface area contributed by atoms with Crippen LogP contribution in [-0.4, -0.2) is 133 Å². The molecule has 25 heteroatoms. The molecule has 63 heavy (non-hydrogen) atoms.